The first-order valence-corrected chi connectivity index (χ1v) is 13.7. The fourth-order valence-electron chi connectivity index (χ4n) is 4.38. The molecule has 1 amide bonds. The lowest BCUT2D eigenvalue weighted by atomic mass is 10.0. The molecule has 2 aliphatic rings. The van der Waals surface area contributed by atoms with Crippen molar-refractivity contribution in [3.63, 3.8) is 0 Å². The zero-order valence-corrected chi connectivity index (χ0v) is 20.6. The standard InChI is InChI=1S/C23H29N3O5S2/c1-3-25-14-11-18-19(15-25)32-22(20(18)23(28)31-4-2)24-21(27)16-7-9-17(10-8-16)33(29,30)26-12-5-6-13-26/h7-10H,3-6,11-15H2,1-2H3,(H,24,27)/p+1. The molecular formula is C23H30N3O5S2+. The lowest BCUT2D eigenvalue weighted by Crippen LogP contribution is -3.11. The van der Waals surface area contributed by atoms with Gasteiger partial charge in [-0.1, -0.05) is 0 Å². The number of rotatable bonds is 7. The Kier molecular flexibility index (Phi) is 7.18. The van der Waals surface area contributed by atoms with Crippen LogP contribution in [0.25, 0.3) is 0 Å². The number of quaternary nitrogens is 1. The summed E-state index contributed by atoms with van der Waals surface area (Å²) in [6.45, 7) is 7.97. The molecular weight excluding hydrogens is 462 g/mol. The van der Waals surface area contributed by atoms with Crippen LogP contribution in [0.4, 0.5) is 5.00 Å². The smallest absolute Gasteiger partial charge is 0.341 e. The van der Waals surface area contributed by atoms with Crippen molar-refractivity contribution in [3.8, 4) is 0 Å². The van der Waals surface area contributed by atoms with Crippen molar-refractivity contribution in [2.24, 2.45) is 0 Å². The Labute approximate surface area is 198 Å². The first kappa shape index (κ1) is 23.9. The van der Waals surface area contributed by atoms with Crippen molar-refractivity contribution in [3.05, 3.63) is 45.8 Å². The molecule has 178 valence electrons. The summed E-state index contributed by atoms with van der Waals surface area (Å²) in [5.74, 6) is -0.804. The number of anilines is 1. The van der Waals surface area contributed by atoms with Crippen LogP contribution >= 0.6 is 11.3 Å². The number of amides is 1. The van der Waals surface area contributed by atoms with Gasteiger partial charge in [0.05, 0.1) is 35.0 Å². The van der Waals surface area contributed by atoms with E-state index in [4.69, 9.17) is 4.74 Å². The Morgan fingerprint density at radius 3 is 2.48 bits per heavy atom. The van der Waals surface area contributed by atoms with Gasteiger partial charge in [0.25, 0.3) is 5.91 Å². The third-order valence-electron chi connectivity index (χ3n) is 6.26. The SMILES string of the molecule is CCOC(=O)c1c(NC(=O)c2ccc(S(=O)(=O)N3CCCC3)cc2)sc2c1CC[NH+](CC)C2. The van der Waals surface area contributed by atoms with Gasteiger partial charge in [0, 0.05) is 25.1 Å². The number of esters is 1. The van der Waals surface area contributed by atoms with Crippen molar-refractivity contribution in [1.29, 1.82) is 0 Å². The highest BCUT2D eigenvalue weighted by atomic mass is 32.2. The van der Waals surface area contributed by atoms with Gasteiger partial charge in [0.2, 0.25) is 10.0 Å². The molecule has 1 fully saturated rings. The average molecular weight is 493 g/mol. The maximum Gasteiger partial charge on any atom is 0.341 e. The summed E-state index contributed by atoms with van der Waals surface area (Å²) in [6.07, 6.45) is 2.50. The van der Waals surface area contributed by atoms with Crippen LogP contribution in [0.5, 0.6) is 0 Å². The number of likely N-dealkylation sites (N-methyl/N-ethyl adjacent to an activating group) is 1. The molecule has 4 rings (SSSR count). The molecule has 1 saturated heterocycles. The second-order valence-corrected chi connectivity index (χ2v) is 11.3. The topological polar surface area (TPSA) is 97.2 Å². The monoisotopic (exact) mass is 492 g/mol. The van der Waals surface area contributed by atoms with Gasteiger partial charge < -0.3 is 15.0 Å². The molecule has 0 bridgehead atoms. The van der Waals surface area contributed by atoms with E-state index in [1.807, 2.05) is 0 Å². The van der Waals surface area contributed by atoms with Crippen LogP contribution in [-0.4, -0.2) is 57.4 Å². The predicted octanol–water partition coefficient (Wildman–Crippen LogP) is 1.92. The Bertz CT molecular complexity index is 1140. The molecule has 8 nitrogen and oxygen atoms in total. The van der Waals surface area contributed by atoms with Crippen LogP contribution in [0.1, 0.15) is 57.8 Å². The molecule has 1 atom stereocenters. The van der Waals surface area contributed by atoms with Gasteiger partial charge in [-0.25, -0.2) is 13.2 Å². The lowest BCUT2D eigenvalue weighted by molar-refractivity contribution is -0.913. The number of hydrogen-bond acceptors (Lipinski definition) is 6. The molecule has 33 heavy (non-hydrogen) atoms. The van der Waals surface area contributed by atoms with Gasteiger partial charge in [0.15, 0.2) is 0 Å². The van der Waals surface area contributed by atoms with Crippen LogP contribution in [0, 0.1) is 0 Å². The van der Waals surface area contributed by atoms with Crippen LogP contribution in [0.15, 0.2) is 29.2 Å². The number of ether oxygens (including phenoxy) is 1. The molecule has 1 unspecified atom stereocenters. The Morgan fingerprint density at radius 1 is 1.15 bits per heavy atom. The van der Waals surface area contributed by atoms with Crippen molar-refractivity contribution in [2.45, 2.75) is 44.6 Å². The molecule has 10 heteroatoms. The Morgan fingerprint density at radius 2 is 1.85 bits per heavy atom. The van der Waals surface area contributed by atoms with E-state index in [1.54, 1.807) is 6.92 Å². The highest BCUT2D eigenvalue weighted by molar-refractivity contribution is 7.89. The van der Waals surface area contributed by atoms with E-state index in [9.17, 15) is 18.0 Å². The fraction of sp³-hybridized carbons (Fsp3) is 0.478. The molecule has 2 aliphatic heterocycles. The third kappa shape index (κ3) is 4.84. The van der Waals surface area contributed by atoms with Gasteiger partial charge in [0.1, 0.15) is 11.5 Å². The molecule has 1 aromatic heterocycles. The largest absolute Gasteiger partial charge is 0.462 e. The number of sulfonamides is 1. The minimum absolute atomic E-state index is 0.183. The summed E-state index contributed by atoms with van der Waals surface area (Å²) in [7, 11) is -3.53. The molecule has 0 radical (unpaired) electrons. The maximum absolute atomic E-state index is 13.0. The molecule has 2 N–H and O–H groups in total. The Balaban J connectivity index is 1.57. The zero-order chi connectivity index (χ0) is 23.6. The summed E-state index contributed by atoms with van der Waals surface area (Å²) in [4.78, 5) is 28.4. The second kappa shape index (κ2) is 9.92. The number of hydrogen-bond donors (Lipinski definition) is 2. The van der Waals surface area contributed by atoms with Crippen LogP contribution in [0.3, 0.4) is 0 Å². The predicted molar refractivity (Wildman–Crippen MR) is 126 cm³/mol. The average Bonchev–Trinajstić information content (AvgIpc) is 3.47. The van der Waals surface area contributed by atoms with E-state index >= 15 is 0 Å². The van der Waals surface area contributed by atoms with E-state index in [2.05, 4.69) is 12.2 Å². The Hall–Kier alpha value is -2.27. The summed E-state index contributed by atoms with van der Waals surface area (Å²) in [5.41, 5.74) is 1.75. The van der Waals surface area contributed by atoms with Gasteiger partial charge in [-0.3, -0.25) is 4.79 Å². The number of carbonyl (C=O) groups excluding carboxylic acids is 2. The van der Waals surface area contributed by atoms with Crippen molar-refractivity contribution < 1.29 is 27.6 Å². The molecule has 0 aliphatic carbocycles. The second-order valence-electron chi connectivity index (χ2n) is 8.30. The normalized spacial score (nSPS) is 18.7. The fourth-order valence-corrected chi connectivity index (χ4v) is 7.20. The third-order valence-corrected chi connectivity index (χ3v) is 9.32. The number of nitrogens with one attached hydrogen (secondary N) is 2. The minimum Gasteiger partial charge on any atom is -0.462 e. The highest BCUT2D eigenvalue weighted by Gasteiger charge is 2.31. The zero-order valence-electron chi connectivity index (χ0n) is 19.0. The van der Waals surface area contributed by atoms with E-state index < -0.39 is 16.0 Å². The molecule has 2 aromatic rings. The van der Waals surface area contributed by atoms with Gasteiger partial charge in [-0.2, -0.15) is 4.31 Å². The lowest BCUT2D eigenvalue weighted by Gasteiger charge is -2.22. The molecule has 1 aromatic carbocycles. The van der Waals surface area contributed by atoms with E-state index in [0.717, 1.165) is 49.3 Å². The number of fused-ring (bicyclic) bond motifs is 1. The summed E-state index contributed by atoms with van der Waals surface area (Å²) >= 11 is 1.43. The summed E-state index contributed by atoms with van der Waals surface area (Å²) in [5, 5.41) is 3.37. The van der Waals surface area contributed by atoms with Crippen molar-refractivity contribution >= 4 is 38.2 Å². The van der Waals surface area contributed by atoms with Crippen LogP contribution in [0.2, 0.25) is 0 Å². The van der Waals surface area contributed by atoms with Gasteiger partial charge in [-0.15, -0.1) is 11.3 Å². The summed E-state index contributed by atoms with van der Waals surface area (Å²) < 4.78 is 32.2. The minimum atomic E-state index is -3.53. The first-order valence-electron chi connectivity index (χ1n) is 11.4. The quantitative estimate of drug-likeness (QED) is 0.576. The van der Waals surface area contributed by atoms with Gasteiger partial charge in [-0.05, 0) is 56.5 Å². The molecule has 0 spiro atoms. The van der Waals surface area contributed by atoms with Crippen molar-refractivity contribution in [2.75, 3.05) is 38.1 Å². The van der Waals surface area contributed by atoms with E-state index in [1.165, 1.54) is 44.8 Å². The van der Waals surface area contributed by atoms with Gasteiger partial charge >= 0.3 is 5.97 Å². The maximum atomic E-state index is 13.0. The number of carbonyl (C=O) groups is 2. The van der Waals surface area contributed by atoms with Crippen LogP contribution in [-0.2, 0) is 27.7 Å². The summed E-state index contributed by atoms with van der Waals surface area (Å²) in [6, 6.07) is 5.96. The molecule has 0 saturated carbocycles. The van der Waals surface area contributed by atoms with Crippen LogP contribution < -0.4 is 10.2 Å². The first-order chi connectivity index (χ1) is 15.8. The van der Waals surface area contributed by atoms with Crippen molar-refractivity contribution in [1.82, 2.24) is 4.31 Å². The molecule has 3 heterocycles. The number of nitrogens with zero attached hydrogens (tertiary/aromatic N) is 1. The highest BCUT2D eigenvalue weighted by Crippen LogP contribution is 2.35. The van der Waals surface area contributed by atoms with E-state index in [-0.39, 0.29) is 17.4 Å². The van der Waals surface area contributed by atoms with E-state index in [0.29, 0.717) is 29.2 Å². The number of thiophene rings is 1. The number of benzene rings is 1.